The highest BCUT2D eigenvalue weighted by molar-refractivity contribution is 5.09. The molecule has 5 nitrogen and oxygen atoms in total. The van der Waals surface area contributed by atoms with E-state index in [4.69, 9.17) is 0 Å². The number of aryl methyl sites for hydroxylation is 2. The summed E-state index contributed by atoms with van der Waals surface area (Å²) in [6.45, 7) is 5.85. The summed E-state index contributed by atoms with van der Waals surface area (Å²) in [5, 5.41) is 11.6. The number of hydrogen-bond acceptors (Lipinski definition) is 4. The van der Waals surface area contributed by atoms with Gasteiger partial charge in [0.1, 0.15) is 0 Å². The highest BCUT2D eigenvalue weighted by Gasteiger charge is 2.01. The van der Waals surface area contributed by atoms with Gasteiger partial charge in [-0.15, -0.1) is 5.10 Å². The number of nitrogens with zero attached hydrogens (tertiary/aromatic N) is 4. The second-order valence-corrected chi connectivity index (χ2v) is 4.61. The first-order valence-electron chi connectivity index (χ1n) is 6.25. The van der Waals surface area contributed by atoms with E-state index >= 15 is 0 Å². The quantitative estimate of drug-likeness (QED) is 0.836. The van der Waals surface area contributed by atoms with E-state index in [0.29, 0.717) is 6.04 Å². The first-order valence-corrected chi connectivity index (χ1v) is 6.25. The van der Waals surface area contributed by atoms with Gasteiger partial charge in [-0.1, -0.05) is 19.1 Å². The summed E-state index contributed by atoms with van der Waals surface area (Å²) >= 11 is 0. The van der Waals surface area contributed by atoms with Gasteiger partial charge in [0.05, 0.1) is 5.69 Å². The third-order valence-electron chi connectivity index (χ3n) is 2.66. The van der Waals surface area contributed by atoms with Gasteiger partial charge in [-0.25, -0.2) is 0 Å². The van der Waals surface area contributed by atoms with Crippen molar-refractivity contribution in [1.29, 1.82) is 0 Å². The van der Waals surface area contributed by atoms with Crippen LogP contribution in [0.5, 0.6) is 0 Å². The van der Waals surface area contributed by atoms with Gasteiger partial charge < -0.3 is 5.32 Å². The van der Waals surface area contributed by atoms with E-state index in [-0.39, 0.29) is 0 Å². The van der Waals surface area contributed by atoms with Gasteiger partial charge in [0.2, 0.25) is 0 Å². The molecule has 0 aliphatic heterocycles. The van der Waals surface area contributed by atoms with E-state index in [2.05, 4.69) is 34.5 Å². The average Bonchev–Trinajstić information content (AvgIpc) is 2.83. The molecule has 0 aliphatic rings. The second kappa shape index (κ2) is 6.26. The molecule has 0 saturated carbocycles. The highest BCUT2D eigenvalue weighted by Crippen LogP contribution is 2.00. The van der Waals surface area contributed by atoms with Gasteiger partial charge in [-0.2, -0.15) is 0 Å². The van der Waals surface area contributed by atoms with Crippen molar-refractivity contribution >= 4 is 0 Å². The van der Waals surface area contributed by atoms with E-state index in [1.54, 1.807) is 0 Å². The van der Waals surface area contributed by atoms with Crippen molar-refractivity contribution in [3.05, 3.63) is 42.0 Å². The van der Waals surface area contributed by atoms with Crippen LogP contribution in [-0.2, 0) is 19.5 Å². The van der Waals surface area contributed by atoms with Crippen molar-refractivity contribution in [3.8, 4) is 0 Å². The Kier molecular flexibility index (Phi) is 4.41. The summed E-state index contributed by atoms with van der Waals surface area (Å²) < 4.78 is 1.89. The van der Waals surface area contributed by atoms with Crippen molar-refractivity contribution in [2.75, 3.05) is 0 Å². The summed E-state index contributed by atoms with van der Waals surface area (Å²) in [5.41, 5.74) is 2.25. The summed E-state index contributed by atoms with van der Waals surface area (Å²) in [7, 11) is 0. The normalized spacial score (nSPS) is 11.1. The van der Waals surface area contributed by atoms with E-state index in [9.17, 15) is 0 Å². The van der Waals surface area contributed by atoms with E-state index < -0.39 is 0 Å². The van der Waals surface area contributed by atoms with Crippen molar-refractivity contribution in [3.63, 3.8) is 0 Å². The molecule has 2 rings (SSSR count). The second-order valence-electron chi connectivity index (χ2n) is 4.61. The average molecular weight is 245 g/mol. The van der Waals surface area contributed by atoms with Crippen LogP contribution in [-0.4, -0.2) is 26.0 Å². The molecular weight excluding hydrogens is 226 g/mol. The van der Waals surface area contributed by atoms with Gasteiger partial charge in [-0.05, 0) is 24.1 Å². The van der Waals surface area contributed by atoms with Crippen molar-refractivity contribution in [2.24, 2.45) is 0 Å². The maximum Gasteiger partial charge on any atom is 0.0964 e. The minimum Gasteiger partial charge on any atom is -0.309 e. The minimum absolute atomic E-state index is 0.465. The summed E-state index contributed by atoms with van der Waals surface area (Å²) in [5.74, 6) is 0. The molecular formula is C13H19N5. The zero-order valence-electron chi connectivity index (χ0n) is 10.9. The summed E-state index contributed by atoms with van der Waals surface area (Å²) in [4.78, 5) is 4.00. The zero-order valence-corrected chi connectivity index (χ0v) is 10.9. The van der Waals surface area contributed by atoms with Crippen LogP contribution in [0.25, 0.3) is 0 Å². The van der Waals surface area contributed by atoms with Crippen molar-refractivity contribution < 1.29 is 0 Å². The maximum atomic E-state index is 4.14. The molecule has 0 saturated heterocycles. The van der Waals surface area contributed by atoms with Crippen molar-refractivity contribution in [2.45, 2.75) is 39.4 Å². The van der Waals surface area contributed by atoms with Crippen LogP contribution in [0.3, 0.4) is 0 Å². The molecule has 0 amide bonds. The summed E-state index contributed by atoms with van der Waals surface area (Å²) in [6.07, 6.45) is 6.57. The van der Waals surface area contributed by atoms with E-state index in [1.165, 1.54) is 5.56 Å². The molecule has 0 radical (unpaired) electrons. The molecule has 0 aromatic carbocycles. The lowest BCUT2D eigenvalue weighted by Gasteiger charge is -2.04. The van der Waals surface area contributed by atoms with Gasteiger partial charge in [-0.3, -0.25) is 9.67 Å². The van der Waals surface area contributed by atoms with Crippen LogP contribution < -0.4 is 5.32 Å². The van der Waals surface area contributed by atoms with Gasteiger partial charge in [0, 0.05) is 37.7 Å². The van der Waals surface area contributed by atoms with Crippen LogP contribution in [0.2, 0.25) is 0 Å². The largest absolute Gasteiger partial charge is 0.309 e. The fourth-order valence-electron chi connectivity index (χ4n) is 1.63. The van der Waals surface area contributed by atoms with Crippen LogP contribution in [0, 0.1) is 0 Å². The first kappa shape index (κ1) is 12.7. The molecule has 0 fully saturated rings. The molecule has 1 N–H and O–H groups in total. The van der Waals surface area contributed by atoms with E-state index in [1.807, 2.05) is 35.4 Å². The topological polar surface area (TPSA) is 55.6 Å². The molecule has 18 heavy (non-hydrogen) atoms. The molecule has 2 aromatic rings. The van der Waals surface area contributed by atoms with Crippen LogP contribution >= 0.6 is 0 Å². The predicted molar refractivity (Wildman–Crippen MR) is 69.9 cm³/mol. The zero-order chi connectivity index (χ0) is 12.8. The van der Waals surface area contributed by atoms with Gasteiger partial charge in [0.25, 0.3) is 0 Å². The lowest BCUT2D eigenvalue weighted by Crippen LogP contribution is -2.21. The van der Waals surface area contributed by atoms with Crippen molar-refractivity contribution in [1.82, 2.24) is 25.3 Å². The van der Waals surface area contributed by atoms with Crippen LogP contribution in [0.4, 0.5) is 0 Å². The monoisotopic (exact) mass is 245 g/mol. The Morgan fingerprint density at radius 3 is 2.78 bits per heavy atom. The lowest BCUT2D eigenvalue weighted by molar-refractivity contribution is 0.579. The fourth-order valence-corrected chi connectivity index (χ4v) is 1.63. The number of nitrogens with one attached hydrogen (secondary N) is 1. The van der Waals surface area contributed by atoms with Crippen LogP contribution in [0.15, 0.2) is 30.7 Å². The van der Waals surface area contributed by atoms with Crippen LogP contribution in [0.1, 0.15) is 25.1 Å². The Labute approximate surface area is 107 Å². The molecule has 2 heterocycles. The molecule has 0 unspecified atom stereocenters. The third kappa shape index (κ3) is 3.92. The molecule has 2 aromatic heterocycles. The molecule has 96 valence electrons. The third-order valence-corrected chi connectivity index (χ3v) is 2.66. The Morgan fingerprint density at radius 2 is 2.06 bits per heavy atom. The molecule has 0 aliphatic carbocycles. The van der Waals surface area contributed by atoms with Gasteiger partial charge >= 0.3 is 0 Å². The molecule has 0 bridgehead atoms. The Bertz CT molecular complexity index is 463. The fraction of sp³-hybridized carbons (Fsp3) is 0.462. The molecule has 0 atom stereocenters. The lowest BCUT2D eigenvalue weighted by atomic mass is 10.2. The maximum absolute atomic E-state index is 4.14. The Balaban J connectivity index is 1.83. The number of rotatable bonds is 6. The summed E-state index contributed by atoms with van der Waals surface area (Å²) in [6, 6.07) is 4.52. The van der Waals surface area contributed by atoms with E-state index in [0.717, 1.165) is 25.2 Å². The number of aromatic nitrogens is 4. The highest BCUT2D eigenvalue weighted by atomic mass is 15.4. The molecule has 0 spiro atoms. The predicted octanol–water partition coefficient (Wildman–Crippen LogP) is 1.41. The SMILES string of the molecule is CC(C)NCc1cn(CCc2ccncc2)nn1. The molecule has 5 heteroatoms. The Hall–Kier alpha value is -1.75. The number of hydrogen-bond donors (Lipinski definition) is 1. The standard InChI is InChI=1S/C13H19N5/c1-11(2)15-9-13-10-18(17-16-13)8-5-12-3-6-14-7-4-12/h3-4,6-7,10-11,15H,5,8-9H2,1-2H3. The Morgan fingerprint density at radius 1 is 1.28 bits per heavy atom. The number of pyridine rings is 1. The minimum atomic E-state index is 0.465. The van der Waals surface area contributed by atoms with Gasteiger partial charge in [0.15, 0.2) is 0 Å². The smallest absolute Gasteiger partial charge is 0.0964 e. The first-order chi connectivity index (χ1) is 8.74.